The Morgan fingerprint density at radius 2 is 2.00 bits per heavy atom. The average Bonchev–Trinajstić information content (AvgIpc) is 2.35. The van der Waals surface area contributed by atoms with Crippen LogP contribution >= 0.6 is 39.1 Å². The van der Waals surface area contributed by atoms with E-state index >= 15 is 0 Å². The summed E-state index contributed by atoms with van der Waals surface area (Å²) in [5, 5.41) is 9.59. The summed E-state index contributed by atoms with van der Waals surface area (Å²) in [6.07, 6.45) is 2.85. The Labute approximate surface area is 120 Å². The van der Waals surface area contributed by atoms with Gasteiger partial charge in [-0.2, -0.15) is 0 Å². The molecule has 0 bridgehead atoms. The molecule has 9 heteroatoms. The Morgan fingerprint density at radius 3 is 2.67 bits per heavy atom. The van der Waals surface area contributed by atoms with Crippen LogP contribution in [0.15, 0.2) is 23.1 Å². The van der Waals surface area contributed by atoms with Gasteiger partial charge in [-0.3, -0.25) is 4.79 Å². The summed E-state index contributed by atoms with van der Waals surface area (Å²) in [5.41, 5.74) is 0.112. The zero-order chi connectivity index (χ0) is 13.1. The molecule has 0 radical (unpaired) electrons. The first kappa shape index (κ1) is 13.1. The third-order valence-electron chi connectivity index (χ3n) is 1.83. The maximum Gasteiger partial charge on any atom is 0.260 e. The van der Waals surface area contributed by atoms with E-state index in [1.165, 1.54) is 18.5 Å². The predicted octanol–water partition coefficient (Wildman–Crippen LogP) is 2.59. The molecule has 0 unspecified atom stereocenters. The van der Waals surface area contributed by atoms with Crippen molar-refractivity contribution >= 4 is 50.9 Å². The van der Waals surface area contributed by atoms with Crippen LogP contribution in [0, 0.1) is 0 Å². The maximum atomic E-state index is 11.9. The molecule has 6 nitrogen and oxygen atoms in total. The number of aromatic nitrogens is 4. The molecule has 2 aromatic rings. The Hall–Kier alpha value is -1.31. The van der Waals surface area contributed by atoms with Crippen molar-refractivity contribution in [2.75, 3.05) is 5.32 Å². The lowest BCUT2D eigenvalue weighted by Gasteiger charge is -2.04. The monoisotopic (exact) mass is 347 g/mol. The smallest absolute Gasteiger partial charge is 0.260 e. The van der Waals surface area contributed by atoms with Crippen LogP contribution in [0.25, 0.3) is 0 Å². The highest BCUT2D eigenvalue weighted by Crippen LogP contribution is 2.16. The Balaban J connectivity index is 2.21. The normalized spacial score (nSPS) is 10.2. The molecule has 0 aliphatic carbocycles. The molecule has 0 fully saturated rings. The number of rotatable bonds is 2. The van der Waals surface area contributed by atoms with Crippen molar-refractivity contribution in [3.05, 3.63) is 38.9 Å². The van der Waals surface area contributed by atoms with Crippen molar-refractivity contribution in [2.45, 2.75) is 0 Å². The van der Waals surface area contributed by atoms with E-state index in [1.807, 2.05) is 0 Å². The van der Waals surface area contributed by atoms with Crippen LogP contribution in [0.1, 0.15) is 10.4 Å². The van der Waals surface area contributed by atoms with Gasteiger partial charge in [0, 0.05) is 0 Å². The maximum absolute atomic E-state index is 11.9. The summed E-state index contributed by atoms with van der Waals surface area (Å²) in [4.78, 5) is 19.7. The van der Waals surface area contributed by atoms with Crippen LogP contribution in [0.5, 0.6) is 0 Å². The van der Waals surface area contributed by atoms with Crippen LogP contribution in [0.2, 0.25) is 10.3 Å². The van der Waals surface area contributed by atoms with E-state index in [0.29, 0.717) is 4.60 Å². The molecule has 1 amide bonds. The van der Waals surface area contributed by atoms with Gasteiger partial charge in [0.2, 0.25) is 0 Å². The van der Waals surface area contributed by atoms with E-state index in [2.05, 4.69) is 41.4 Å². The molecule has 2 rings (SSSR count). The largest absolute Gasteiger partial charge is 0.305 e. The third kappa shape index (κ3) is 3.12. The zero-order valence-electron chi connectivity index (χ0n) is 8.56. The van der Waals surface area contributed by atoms with Crippen molar-refractivity contribution in [3.63, 3.8) is 0 Å². The summed E-state index contributed by atoms with van der Waals surface area (Å²) >= 11 is 14.5. The van der Waals surface area contributed by atoms with Crippen molar-refractivity contribution < 1.29 is 4.79 Å². The van der Waals surface area contributed by atoms with Gasteiger partial charge < -0.3 is 5.32 Å². The molecule has 0 spiro atoms. The summed E-state index contributed by atoms with van der Waals surface area (Å²) in [6.45, 7) is 0. The fourth-order valence-electron chi connectivity index (χ4n) is 1.07. The number of carbonyl (C=O) groups is 1. The minimum absolute atomic E-state index is 0.0398. The summed E-state index contributed by atoms with van der Waals surface area (Å²) in [6, 6.07) is 1.32. The van der Waals surface area contributed by atoms with Crippen molar-refractivity contribution in [1.82, 2.24) is 20.2 Å². The first-order chi connectivity index (χ1) is 8.56. The number of nitrogens with one attached hydrogen (secondary N) is 1. The zero-order valence-corrected chi connectivity index (χ0v) is 11.7. The van der Waals surface area contributed by atoms with Gasteiger partial charge in [0.15, 0.2) is 16.1 Å². The van der Waals surface area contributed by atoms with Gasteiger partial charge in [-0.15, -0.1) is 10.2 Å². The van der Waals surface area contributed by atoms with Gasteiger partial charge >= 0.3 is 0 Å². The molecule has 92 valence electrons. The van der Waals surface area contributed by atoms with E-state index in [9.17, 15) is 4.79 Å². The molecule has 1 N–H and O–H groups in total. The van der Waals surface area contributed by atoms with Crippen molar-refractivity contribution in [2.24, 2.45) is 0 Å². The molecule has 0 saturated carbocycles. The standard InChI is InChI=1S/C9H4BrCl2N5O/c10-5-2-14-7(3-13-5)15-9(18)4-1-6(11)16-17-8(4)12/h1-3H,(H,14,15,18). The third-order valence-corrected chi connectivity index (χ3v) is 2.70. The lowest BCUT2D eigenvalue weighted by Crippen LogP contribution is -2.14. The highest BCUT2D eigenvalue weighted by Gasteiger charge is 2.14. The second-order valence-corrected chi connectivity index (χ2v) is 4.61. The number of amides is 1. The SMILES string of the molecule is O=C(Nc1cnc(Br)cn1)c1cc(Cl)nnc1Cl. The molecular formula is C9H4BrCl2N5O. The molecule has 0 aliphatic heterocycles. The minimum atomic E-state index is -0.492. The first-order valence-corrected chi connectivity index (χ1v) is 6.09. The van der Waals surface area contributed by atoms with Gasteiger partial charge in [0.05, 0.1) is 18.0 Å². The Bertz CT molecular complexity index is 592. The fraction of sp³-hybridized carbons (Fsp3) is 0. The molecule has 0 aliphatic rings. The van der Waals surface area contributed by atoms with Gasteiger partial charge in [-0.25, -0.2) is 9.97 Å². The fourth-order valence-corrected chi connectivity index (χ4v) is 1.60. The highest BCUT2D eigenvalue weighted by atomic mass is 79.9. The Morgan fingerprint density at radius 1 is 1.22 bits per heavy atom. The number of hydrogen-bond acceptors (Lipinski definition) is 5. The molecule has 2 heterocycles. The number of anilines is 1. The van der Waals surface area contributed by atoms with E-state index in [0.717, 1.165) is 0 Å². The van der Waals surface area contributed by atoms with Crippen molar-refractivity contribution in [1.29, 1.82) is 0 Å². The molecule has 18 heavy (non-hydrogen) atoms. The topological polar surface area (TPSA) is 80.7 Å². The van der Waals surface area contributed by atoms with Crippen LogP contribution in [0.4, 0.5) is 5.82 Å². The van der Waals surface area contributed by atoms with Gasteiger partial charge in [0.1, 0.15) is 4.60 Å². The first-order valence-electron chi connectivity index (χ1n) is 4.54. The van der Waals surface area contributed by atoms with Crippen LogP contribution in [-0.4, -0.2) is 26.1 Å². The van der Waals surface area contributed by atoms with Gasteiger partial charge in [-0.05, 0) is 22.0 Å². The summed E-state index contributed by atoms with van der Waals surface area (Å²) in [7, 11) is 0. The second kappa shape index (κ2) is 5.55. The predicted molar refractivity (Wildman–Crippen MR) is 69.7 cm³/mol. The molecular weight excluding hydrogens is 345 g/mol. The van der Waals surface area contributed by atoms with Crippen LogP contribution in [-0.2, 0) is 0 Å². The summed E-state index contributed by atoms with van der Waals surface area (Å²) in [5.74, 6) is -0.208. The highest BCUT2D eigenvalue weighted by molar-refractivity contribution is 9.10. The van der Waals surface area contributed by atoms with E-state index < -0.39 is 5.91 Å². The van der Waals surface area contributed by atoms with Crippen molar-refractivity contribution in [3.8, 4) is 0 Å². The lowest BCUT2D eigenvalue weighted by molar-refractivity contribution is 0.102. The number of halogens is 3. The van der Waals surface area contributed by atoms with Gasteiger partial charge in [-0.1, -0.05) is 23.2 Å². The minimum Gasteiger partial charge on any atom is -0.305 e. The second-order valence-electron chi connectivity index (χ2n) is 3.05. The van der Waals surface area contributed by atoms with E-state index in [1.54, 1.807) is 0 Å². The van der Waals surface area contributed by atoms with Crippen LogP contribution < -0.4 is 5.32 Å². The average molecular weight is 349 g/mol. The van der Waals surface area contributed by atoms with Gasteiger partial charge in [0.25, 0.3) is 5.91 Å². The molecule has 2 aromatic heterocycles. The molecule has 0 atom stereocenters. The summed E-state index contributed by atoms with van der Waals surface area (Å²) < 4.78 is 0.562. The van der Waals surface area contributed by atoms with E-state index in [4.69, 9.17) is 23.2 Å². The molecule has 0 saturated heterocycles. The quantitative estimate of drug-likeness (QED) is 0.902. The lowest BCUT2D eigenvalue weighted by atomic mass is 10.3. The number of nitrogens with zero attached hydrogens (tertiary/aromatic N) is 4. The molecule has 0 aromatic carbocycles. The number of carbonyl (C=O) groups excluding carboxylic acids is 1. The Kier molecular flexibility index (Phi) is 4.05. The van der Waals surface area contributed by atoms with Crippen LogP contribution in [0.3, 0.4) is 0 Å². The number of hydrogen-bond donors (Lipinski definition) is 1. The van der Waals surface area contributed by atoms with E-state index in [-0.39, 0.29) is 21.7 Å².